The molecule has 1 aromatic rings. The van der Waals surface area contributed by atoms with Crippen LogP contribution in [0.1, 0.15) is 46.5 Å². The van der Waals surface area contributed by atoms with Crippen molar-refractivity contribution in [3.05, 3.63) is 29.6 Å². The highest BCUT2D eigenvalue weighted by Gasteiger charge is 2.42. The molecule has 5 nitrogen and oxygen atoms in total. The zero-order valence-corrected chi connectivity index (χ0v) is 11.6. The molecule has 1 saturated carbocycles. The minimum atomic E-state index is -4.24. The average Bonchev–Trinajstić information content (AvgIpc) is 2.46. The third kappa shape index (κ3) is 3.96. The summed E-state index contributed by atoms with van der Waals surface area (Å²) >= 11 is 0. The van der Waals surface area contributed by atoms with Crippen LogP contribution in [0.3, 0.4) is 0 Å². The second-order valence-corrected chi connectivity index (χ2v) is 5.31. The van der Waals surface area contributed by atoms with Crippen LogP contribution in [0.4, 0.5) is 13.2 Å². The zero-order valence-electron chi connectivity index (χ0n) is 11.6. The van der Waals surface area contributed by atoms with Crippen LogP contribution in [-0.4, -0.2) is 34.2 Å². The Morgan fingerprint density at radius 2 is 2.00 bits per heavy atom. The van der Waals surface area contributed by atoms with E-state index in [4.69, 9.17) is 5.11 Å². The maximum atomic E-state index is 12.7. The zero-order chi connectivity index (χ0) is 16.3. The SMILES string of the molecule is O=C(N[C@H]1CCC[C@H](C(F)(F)F)C1)c1ccc(C(=O)O)nc1. The van der Waals surface area contributed by atoms with E-state index >= 15 is 0 Å². The lowest BCUT2D eigenvalue weighted by Gasteiger charge is -2.31. The molecule has 0 radical (unpaired) electrons. The van der Waals surface area contributed by atoms with Crippen molar-refractivity contribution in [3.8, 4) is 0 Å². The summed E-state index contributed by atoms with van der Waals surface area (Å²) < 4.78 is 38.2. The van der Waals surface area contributed by atoms with Crippen LogP contribution in [-0.2, 0) is 0 Å². The van der Waals surface area contributed by atoms with E-state index in [9.17, 15) is 22.8 Å². The summed E-state index contributed by atoms with van der Waals surface area (Å²) in [5.74, 6) is -3.15. The Labute approximate surface area is 124 Å². The van der Waals surface area contributed by atoms with Gasteiger partial charge in [0, 0.05) is 12.2 Å². The molecule has 0 unspecified atom stereocenters. The fourth-order valence-corrected chi connectivity index (χ4v) is 2.54. The summed E-state index contributed by atoms with van der Waals surface area (Å²) in [4.78, 5) is 26.2. The smallest absolute Gasteiger partial charge is 0.391 e. The lowest BCUT2D eigenvalue weighted by Crippen LogP contribution is -2.41. The van der Waals surface area contributed by atoms with Gasteiger partial charge < -0.3 is 10.4 Å². The maximum Gasteiger partial charge on any atom is 0.391 e. The first-order chi connectivity index (χ1) is 10.3. The number of hydrogen-bond acceptors (Lipinski definition) is 3. The van der Waals surface area contributed by atoms with Crippen molar-refractivity contribution in [2.24, 2.45) is 5.92 Å². The minimum Gasteiger partial charge on any atom is -0.477 e. The average molecular weight is 316 g/mol. The normalized spacial score (nSPS) is 22.1. The van der Waals surface area contributed by atoms with Crippen LogP contribution in [0, 0.1) is 5.92 Å². The van der Waals surface area contributed by atoms with E-state index in [1.165, 1.54) is 12.1 Å². The van der Waals surface area contributed by atoms with Gasteiger partial charge in [-0.2, -0.15) is 13.2 Å². The van der Waals surface area contributed by atoms with Gasteiger partial charge in [0.2, 0.25) is 0 Å². The van der Waals surface area contributed by atoms with E-state index in [1.54, 1.807) is 0 Å². The molecule has 22 heavy (non-hydrogen) atoms. The molecule has 0 saturated heterocycles. The third-order valence-corrected chi connectivity index (χ3v) is 3.72. The van der Waals surface area contributed by atoms with Gasteiger partial charge >= 0.3 is 12.1 Å². The quantitative estimate of drug-likeness (QED) is 0.898. The Hall–Kier alpha value is -2.12. The molecule has 1 fully saturated rings. The number of carbonyl (C=O) groups is 2. The van der Waals surface area contributed by atoms with Gasteiger partial charge in [0.15, 0.2) is 0 Å². The van der Waals surface area contributed by atoms with Gasteiger partial charge in [0.05, 0.1) is 11.5 Å². The molecule has 0 aromatic carbocycles. The maximum absolute atomic E-state index is 12.7. The molecule has 2 atom stereocenters. The second kappa shape index (κ2) is 6.33. The lowest BCUT2D eigenvalue weighted by atomic mass is 9.85. The molecule has 8 heteroatoms. The number of aromatic nitrogens is 1. The summed E-state index contributed by atoms with van der Waals surface area (Å²) in [6.07, 6.45) is -2.28. The molecular weight excluding hydrogens is 301 g/mol. The van der Waals surface area contributed by atoms with Crippen molar-refractivity contribution in [2.75, 3.05) is 0 Å². The van der Waals surface area contributed by atoms with E-state index in [0.717, 1.165) is 6.20 Å². The number of carboxylic acids is 1. The van der Waals surface area contributed by atoms with Crippen LogP contribution in [0.2, 0.25) is 0 Å². The third-order valence-electron chi connectivity index (χ3n) is 3.72. The number of hydrogen-bond donors (Lipinski definition) is 2. The van der Waals surface area contributed by atoms with E-state index in [-0.39, 0.29) is 24.1 Å². The fourth-order valence-electron chi connectivity index (χ4n) is 2.54. The summed E-state index contributed by atoms with van der Waals surface area (Å²) in [7, 11) is 0. The number of carbonyl (C=O) groups excluding carboxylic acids is 1. The summed E-state index contributed by atoms with van der Waals surface area (Å²) in [6.45, 7) is 0. The van der Waals surface area contributed by atoms with Gasteiger partial charge in [-0.1, -0.05) is 6.42 Å². The summed E-state index contributed by atoms with van der Waals surface area (Å²) in [5.41, 5.74) is -0.0783. The Bertz CT molecular complexity index is 557. The molecule has 1 aromatic heterocycles. The van der Waals surface area contributed by atoms with Crippen LogP contribution in [0.15, 0.2) is 18.3 Å². The fraction of sp³-hybridized carbons (Fsp3) is 0.500. The van der Waals surface area contributed by atoms with Gasteiger partial charge in [-0.3, -0.25) is 4.79 Å². The number of nitrogens with one attached hydrogen (secondary N) is 1. The van der Waals surface area contributed by atoms with Gasteiger partial charge in [0.1, 0.15) is 5.69 Å². The van der Waals surface area contributed by atoms with Crippen molar-refractivity contribution >= 4 is 11.9 Å². The highest BCUT2D eigenvalue weighted by Crippen LogP contribution is 2.37. The summed E-state index contributed by atoms with van der Waals surface area (Å²) in [6, 6.07) is 1.93. The summed E-state index contributed by atoms with van der Waals surface area (Å²) in [5, 5.41) is 11.3. The van der Waals surface area contributed by atoms with Gasteiger partial charge in [-0.05, 0) is 31.4 Å². The molecule has 1 aliphatic rings. The molecule has 120 valence electrons. The number of alkyl halides is 3. The van der Waals surface area contributed by atoms with Crippen molar-refractivity contribution < 1.29 is 27.9 Å². The van der Waals surface area contributed by atoms with Gasteiger partial charge in [0.25, 0.3) is 5.91 Å². The molecule has 1 aliphatic carbocycles. The monoisotopic (exact) mass is 316 g/mol. The number of halogens is 3. The predicted octanol–water partition coefficient (Wildman–Crippen LogP) is 2.63. The van der Waals surface area contributed by atoms with E-state index in [0.29, 0.717) is 12.8 Å². The standard InChI is InChI=1S/C14H15F3N2O3/c15-14(16,17)9-2-1-3-10(6-9)19-12(20)8-4-5-11(13(21)22)18-7-8/h4-5,7,9-10H,1-3,6H2,(H,19,20)(H,21,22)/t9-,10-/m0/s1. The van der Waals surface area contributed by atoms with Gasteiger partial charge in [-0.25, -0.2) is 9.78 Å². The van der Waals surface area contributed by atoms with Crippen molar-refractivity contribution in [1.29, 1.82) is 0 Å². The Morgan fingerprint density at radius 1 is 1.27 bits per heavy atom. The van der Waals surface area contributed by atoms with Crippen LogP contribution >= 0.6 is 0 Å². The highest BCUT2D eigenvalue weighted by atomic mass is 19.4. The molecule has 1 heterocycles. The largest absolute Gasteiger partial charge is 0.477 e. The van der Waals surface area contributed by atoms with E-state index in [1.807, 2.05) is 0 Å². The predicted molar refractivity (Wildman–Crippen MR) is 70.5 cm³/mol. The number of nitrogens with zero attached hydrogens (tertiary/aromatic N) is 1. The molecule has 2 rings (SSSR count). The molecule has 0 aliphatic heterocycles. The molecule has 1 amide bonds. The van der Waals surface area contributed by atoms with Crippen LogP contribution in [0.5, 0.6) is 0 Å². The number of amides is 1. The van der Waals surface area contributed by atoms with Crippen molar-refractivity contribution in [1.82, 2.24) is 10.3 Å². The molecular formula is C14H15F3N2O3. The van der Waals surface area contributed by atoms with Crippen LogP contribution in [0.25, 0.3) is 0 Å². The second-order valence-electron chi connectivity index (χ2n) is 5.31. The first-order valence-electron chi connectivity index (χ1n) is 6.84. The molecule has 0 spiro atoms. The molecule has 0 bridgehead atoms. The molecule has 2 N–H and O–H groups in total. The van der Waals surface area contributed by atoms with Crippen molar-refractivity contribution in [3.63, 3.8) is 0 Å². The first kappa shape index (κ1) is 16.3. The lowest BCUT2D eigenvalue weighted by molar-refractivity contribution is -0.183. The highest BCUT2D eigenvalue weighted by molar-refractivity contribution is 5.95. The Kier molecular flexibility index (Phi) is 4.68. The first-order valence-corrected chi connectivity index (χ1v) is 6.84. The number of rotatable bonds is 3. The van der Waals surface area contributed by atoms with Crippen LogP contribution < -0.4 is 5.32 Å². The van der Waals surface area contributed by atoms with E-state index < -0.39 is 30.0 Å². The Balaban J connectivity index is 1.98. The minimum absolute atomic E-state index is 0.0880. The number of aromatic carboxylic acids is 1. The van der Waals surface area contributed by atoms with E-state index in [2.05, 4.69) is 10.3 Å². The van der Waals surface area contributed by atoms with Gasteiger partial charge in [-0.15, -0.1) is 0 Å². The number of pyridine rings is 1. The Morgan fingerprint density at radius 3 is 2.55 bits per heavy atom. The van der Waals surface area contributed by atoms with Crippen molar-refractivity contribution in [2.45, 2.75) is 37.9 Å². The number of carboxylic acid groups (broad SMARTS) is 1. The topological polar surface area (TPSA) is 79.3 Å².